The summed E-state index contributed by atoms with van der Waals surface area (Å²) in [6.45, 7) is 6.11. The van der Waals surface area contributed by atoms with E-state index in [2.05, 4.69) is 18.0 Å². The largest absolute Gasteiger partial charge is 0.244 e. The number of benzene rings is 1. The van der Waals surface area contributed by atoms with Gasteiger partial charge in [-0.05, 0) is 44.0 Å². The van der Waals surface area contributed by atoms with E-state index in [1.165, 1.54) is 4.88 Å². The maximum Gasteiger partial charge on any atom is 0.124 e. The summed E-state index contributed by atoms with van der Waals surface area (Å²) in [5.41, 5.74) is 4.11. The third-order valence-corrected chi connectivity index (χ3v) is 3.43. The first-order chi connectivity index (χ1) is 7.61. The smallest absolute Gasteiger partial charge is 0.124 e. The minimum Gasteiger partial charge on any atom is -0.244 e. The van der Waals surface area contributed by atoms with Gasteiger partial charge in [0.1, 0.15) is 5.01 Å². The molecule has 0 atom stereocenters. The van der Waals surface area contributed by atoms with Gasteiger partial charge < -0.3 is 0 Å². The van der Waals surface area contributed by atoms with Crippen LogP contribution in [0.3, 0.4) is 0 Å². The molecule has 2 rings (SSSR count). The quantitative estimate of drug-likeness (QED) is 0.747. The summed E-state index contributed by atoms with van der Waals surface area (Å²) >= 11 is 1.69. The number of thiazole rings is 1. The zero-order chi connectivity index (χ0) is 11.7. The molecule has 0 N–H and O–H groups in total. The Balaban J connectivity index is 2.63. The predicted molar refractivity (Wildman–Crippen MR) is 66.5 cm³/mol. The van der Waals surface area contributed by atoms with Crippen LogP contribution in [-0.4, -0.2) is 4.98 Å². The van der Waals surface area contributed by atoms with Crippen LogP contribution in [0.2, 0.25) is 0 Å². The second-order valence-corrected chi connectivity index (χ2v) is 5.11. The molecule has 0 unspecified atom stereocenters. The number of aromatic nitrogens is 1. The highest BCUT2D eigenvalue weighted by Gasteiger charge is 2.10. The predicted octanol–water partition coefficient (Wildman–Crippen LogP) is 3.61. The number of aryl methyl sites for hydroxylation is 3. The minimum absolute atomic E-state index is 0.715. The van der Waals surface area contributed by atoms with E-state index in [9.17, 15) is 0 Å². The normalized spacial score (nSPS) is 10.1. The molecule has 0 spiro atoms. The van der Waals surface area contributed by atoms with Gasteiger partial charge in [-0.1, -0.05) is 0 Å². The van der Waals surface area contributed by atoms with Gasteiger partial charge in [-0.15, -0.1) is 11.3 Å². The van der Waals surface area contributed by atoms with E-state index < -0.39 is 0 Å². The van der Waals surface area contributed by atoms with E-state index in [1.54, 1.807) is 11.3 Å². The first-order valence-corrected chi connectivity index (χ1v) is 5.87. The zero-order valence-corrected chi connectivity index (χ0v) is 10.4. The third-order valence-electron chi connectivity index (χ3n) is 2.50. The maximum absolute atomic E-state index is 8.89. The van der Waals surface area contributed by atoms with Crippen LogP contribution >= 0.6 is 11.3 Å². The highest BCUT2D eigenvalue weighted by molar-refractivity contribution is 7.15. The Morgan fingerprint density at radius 1 is 1.19 bits per heavy atom. The molecule has 2 nitrogen and oxygen atoms in total. The summed E-state index contributed by atoms with van der Waals surface area (Å²) in [5.74, 6) is 0. The van der Waals surface area contributed by atoms with Crippen molar-refractivity contribution in [1.82, 2.24) is 4.98 Å². The average Bonchev–Trinajstić information content (AvgIpc) is 2.63. The van der Waals surface area contributed by atoms with Crippen LogP contribution in [0.1, 0.15) is 21.6 Å². The van der Waals surface area contributed by atoms with Crippen LogP contribution in [0.4, 0.5) is 0 Å². The van der Waals surface area contributed by atoms with Gasteiger partial charge in [0, 0.05) is 16.6 Å². The number of nitrogens with zero attached hydrogens (tertiary/aromatic N) is 2. The van der Waals surface area contributed by atoms with Gasteiger partial charge >= 0.3 is 0 Å². The molecule has 1 heterocycles. The Kier molecular flexibility index (Phi) is 2.76. The van der Waals surface area contributed by atoms with Crippen LogP contribution < -0.4 is 0 Å². The summed E-state index contributed by atoms with van der Waals surface area (Å²) in [7, 11) is 0. The fourth-order valence-electron chi connectivity index (χ4n) is 1.84. The van der Waals surface area contributed by atoms with Crippen molar-refractivity contribution in [2.45, 2.75) is 20.8 Å². The van der Waals surface area contributed by atoms with Crippen LogP contribution in [0, 0.1) is 32.1 Å². The van der Waals surface area contributed by atoms with E-state index >= 15 is 0 Å². The Labute approximate surface area is 99.2 Å². The molecular formula is C13H12N2S. The third kappa shape index (κ3) is 1.84. The molecule has 0 amide bonds. The van der Waals surface area contributed by atoms with Gasteiger partial charge in [0.25, 0.3) is 0 Å². The Morgan fingerprint density at radius 2 is 1.81 bits per heavy atom. The van der Waals surface area contributed by atoms with Gasteiger partial charge in [0.2, 0.25) is 0 Å². The Morgan fingerprint density at radius 3 is 2.25 bits per heavy atom. The van der Waals surface area contributed by atoms with Gasteiger partial charge in [-0.25, -0.2) is 4.98 Å². The maximum atomic E-state index is 8.89. The lowest BCUT2D eigenvalue weighted by Crippen LogP contribution is -1.89. The Bertz CT molecular complexity index is 553. The van der Waals surface area contributed by atoms with E-state index in [-0.39, 0.29) is 0 Å². The molecule has 16 heavy (non-hydrogen) atoms. The number of nitriles is 1. The summed E-state index contributed by atoms with van der Waals surface area (Å²) in [6, 6.07) is 6.01. The molecule has 1 aromatic carbocycles. The van der Waals surface area contributed by atoms with Crippen molar-refractivity contribution in [3.8, 4) is 16.6 Å². The van der Waals surface area contributed by atoms with E-state index in [4.69, 9.17) is 5.26 Å². The molecule has 80 valence electrons. The summed E-state index contributed by atoms with van der Waals surface area (Å²) in [6.07, 6.45) is 1.89. The molecule has 0 aliphatic carbocycles. The molecule has 0 bridgehead atoms. The van der Waals surface area contributed by atoms with Crippen LogP contribution in [0.15, 0.2) is 18.3 Å². The second kappa shape index (κ2) is 4.07. The van der Waals surface area contributed by atoms with E-state index in [0.29, 0.717) is 5.56 Å². The van der Waals surface area contributed by atoms with Crippen LogP contribution in [-0.2, 0) is 0 Å². The molecule has 0 saturated carbocycles. The zero-order valence-electron chi connectivity index (χ0n) is 9.53. The molecule has 3 heteroatoms. The molecule has 0 aliphatic heterocycles. The summed E-state index contributed by atoms with van der Waals surface area (Å²) in [5, 5.41) is 9.93. The lowest BCUT2D eigenvalue weighted by Gasteiger charge is -2.07. The standard InChI is InChI=1S/C13H12N2S/c1-8-4-11(6-14)5-9(2)12(8)13-15-7-10(3)16-13/h4-5,7H,1-3H3. The Hall–Kier alpha value is -1.66. The van der Waals surface area contributed by atoms with Gasteiger partial charge in [0.05, 0.1) is 11.6 Å². The SMILES string of the molecule is Cc1cnc(-c2c(C)cc(C#N)cc2C)s1. The van der Waals surface area contributed by atoms with Crippen molar-refractivity contribution in [1.29, 1.82) is 5.26 Å². The molecule has 0 saturated heterocycles. The highest BCUT2D eigenvalue weighted by atomic mass is 32.1. The topological polar surface area (TPSA) is 36.7 Å². The lowest BCUT2D eigenvalue weighted by molar-refractivity contribution is 1.31. The number of hydrogen-bond acceptors (Lipinski definition) is 3. The number of rotatable bonds is 1. The van der Waals surface area contributed by atoms with Crippen molar-refractivity contribution in [2.75, 3.05) is 0 Å². The van der Waals surface area contributed by atoms with Gasteiger partial charge in [0.15, 0.2) is 0 Å². The van der Waals surface area contributed by atoms with Crippen molar-refractivity contribution in [3.05, 3.63) is 39.9 Å². The van der Waals surface area contributed by atoms with Crippen LogP contribution in [0.25, 0.3) is 10.6 Å². The van der Waals surface area contributed by atoms with E-state index in [1.807, 2.05) is 32.2 Å². The second-order valence-electron chi connectivity index (χ2n) is 3.87. The van der Waals surface area contributed by atoms with Crippen molar-refractivity contribution < 1.29 is 0 Å². The van der Waals surface area contributed by atoms with Crippen molar-refractivity contribution in [2.24, 2.45) is 0 Å². The lowest BCUT2D eigenvalue weighted by atomic mass is 10.0. The molecule has 2 aromatic rings. The van der Waals surface area contributed by atoms with Gasteiger partial charge in [-0.3, -0.25) is 0 Å². The van der Waals surface area contributed by atoms with Crippen molar-refractivity contribution >= 4 is 11.3 Å². The molecular weight excluding hydrogens is 216 g/mol. The number of hydrogen-bond donors (Lipinski definition) is 0. The monoisotopic (exact) mass is 228 g/mol. The highest BCUT2D eigenvalue weighted by Crippen LogP contribution is 2.31. The molecule has 0 fully saturated rings. The van der Waals surface area contributed by atoms with Crippen molar-refractivity contribution in [3.63, 3.8) is 0 Å². The fraction of sp³-hybridized carbons (Fsp3) is 0.231. The summed E-state index contributed by atoms with van der Waals surface area (Å²) < 4.78 is 0. The molecule has 1 aromatic heterocycles. The van der Waals surface area contributed by atoms with Gasteiger partial charge in [-0.2, -0.15) is 5.26 Å². The molecule has 0 aliphatic rings. The average molecular weight is 228 g/mol. The summed E-state index contributed by atoms with van der Waals surface area (Å²) in [4.78, 5) is 5.61. The first kappa shape index (κ1) is 10.8. The van der Waals surface area contributed by atoms with Crippen LogP contribution in [0.5, 0.6) is 0 Å². The van der Waals surface area contributed by atoms with E-state index in [0.717, 1.165) is 21.7 Å². The molecule has 0 radical (unpaired) electrons. The fourth-order valence-corrected chi connectivity index (χ4v) is 2.78. The first-order valence-electron chi connectivity index (χ1n) is 5.06. The minimum atomic E-state index is 0.715.